The lowest BCUT2D eigenvalue weighted by Crippen LogP contribution is -2.13. The minimum Gasteiger partial charge on any atom is -0.496 e. The van der Waals surface area contributed by atoms with E-state index in [0.29, 0.717) is 21.9 Å². The van der Waals surface area contributed by atoms with E-state index in [4.69, 9.17) is 14.7 Å². The first-order valence-corrected chi connectivity index (χ1v) is 10.4. The van der Waals surface area contributed by atoms with Crippen LogP contribution in [-0.4, -0.2) is 17.9 Å². The second kappa shape index (κ2) is 10.7. The van der Waals surface area contributed by atoms with Gasteiger partial charge in [0.05, 0.1) is 17.6 Å². The zero-order valence-electron chi connectivity index (χ0n) is 17.6. The van der Waals surface area contributed by atoms with E-state index in [9.17, 15) is 24.6 Å². The van der Waals surface area contributed by atoms with Crippen molar-refractivity contribution in [3.05, 3.63) is 86.0 Å². The number of hydrogen-bond donors (Lipinski definition) is 1. The van der Waals surface area contributed by atoms with Gasteiger partial charge in [0.15, 0.2) is 5.75 Å². The molecular weight excluding hydrogens is 463 g/mol. The third-order valence-electron chi connectivity index (χ3n) is 4.50. The maximum atomic E-state index is 13.6. The van der Waals surface area contributed by atoms with Gasteiger partial charge in [0.1, 0.15) is 40.9 Å². The molecule has 0 atom stereocenters. The van der Waals surface area contributed by atoms with Crippen LogP contribution in [0.3, 0.4) is 0 Å². The molecule has 3 aromatic rings. The number of rotatable bonds is 8. The molecule has 0 spiro atoms. The van der Waals surface area contributed by atoms with Crippen LogP contribution >= 0.6 is 11.3 Å². The summed E-state index contributed by atoms with van der Waals surface area (Å²) >= 11 is 1.15. The van der Waals surface area contributed by atoms with Gasteiger partial charge in [-0.1, -0.05) is 6.07 Å². The number of nitrogens with one attached hydrogen (secondary N) is 1. The zero-order valence-corrected chi connectivity index (χ0v) is 18.4. The lowest BCUT2D eigenvalue weighted by atomic mass is 10.1. The van der Waals surface area contributed by atoms with Gasteiger partial charge in [-0.25, -0.2) is 4.39 Å². The fraction of sp³-hybridized carbons (Fsp3) is 0.0870. The molecule has 3 rings (SSSR count). The Labute approximate surface area is 197 Å². The number of ether oxygens (including phenoxy) is 2. The third kappa shape index (κ3) is 5.54. The Morgan fingerprint density at radius 3 is 2.71 bits per heavy atom. The van der Waals surface area contributed by atoms with E-state index in [1.807, 2.05) is 12.1 Å². The quantitative estimate of drug-likeness (QED) is 0.212. The van der Waals surface area contributed by atoms with Crippen molar-refractivity contribution in [1.82, 2.24) is 0 Å². The summed E-state index contributed by atoms with van der Waals surface area (Å²) in [5.41, 5.74) is 0.565. The fourth-order valence-electron chi connectivity index (χ4n) is 2.89. The Morgan fingerprint density at radius 2 is 2.03 bits per heavy atom. The van der Waals surface area contributed by atoms with E-state index < -0.39 is 22.3 Å². The summed E-state index contributed by atoms with van der Waals surface area (Å²) in [6, 6.07) is 12.9. The summed E-state index contributed by atoms with van der Waals surface area (Å²) in [6.07, 6.45) is 1.34. The first-order chi connectivity index (χ1) is 16.4. The molecule has 11 heteroatoms. The van der Waals surface area contributed by atoms with Gasteiger partial charge in [0.2, 0.25) is 0 Å². The smallest absolute Gasteiger partial charge is 0.311 e. The number of hydrogen-bond acceptors (Lipinski definition) is 8. The van der Waals surface area contributed by atoms with Gasteiger partial charge in [-0.15, -0.1) is 11.3 Å². The number of anilines is 1. The summed E-state index contributed by atoms with van der Waals surface area (Å²) in [7, 11) is 1.42. The van der Waals surface area contributed by atoms with Gasteiger partial charge in [-0.05, 0) is 41.3 Å². The van der Waals surface area contributed by atoms with Crippen LogP contribution in [0.5, 0.6) is 11.5 Å². The van der Waals surface area contributed by atoms with Crippen molar-refractivity contribution < 1.29 is 23.6 Å². The van der Waals surface area contributed by atoms with Gasteiger partial charge in [0, 0.05) is 17.7 Å². The molecule has 2 aromatic carbocycles. The number of amides is 1. The Hall–Kier alpha value is -4.74. The highest BCUT2D eigenvalue weighted by Crippen LogP contribution is 2.30. The minimum absolute atomic E-state index is 0.204. The monoisotopic (exact) mass is 478 g/mol. The van der Waals surface area contributed by atoms with Crippen LogP contribution in [0, 0.1) is 38.6 Å². The predicted molar refractivity (Wildman–Crippen MR) is 122 cm³/mol. The molecule has 1 N–H and O–H groups in total. The molecule has 1 aromatic heterocycles. The molecule has 9 nitrogen and oxygen atoms in total. The number of benzene rings is 2. The second-order valence-electron chi connectivity index (χ2n) is 6.63. The average Bonchev–Trinajstić information content (AvgIpc) is 3.28. The van der Waals surface area contributed by atoms with Crippen molar-refractivity contribution in [2.45, 2.75) is 6.61 Å². The maximum absolute atomic E-state index is 13.6. The molecule has 1 amide bonds. The Kier molecular flexibility index (Phi) is 7.54. The standard InChI is InChI=1S/C23H15FN4O5S/c1-32-20-5-2-14(8-16(12-26)22(29)27-23-15(11-25)6-7-34-23)9-17(20)13-33-21-10-18(24)3-4-19(21)28(30)31/h2-10H,13H2,1H3,(H,27,29). The maximum Gasteiger partial charge on any atom is 0.311 e. The van der Waals surface area contributed by atoms with Crippen LogP contribution in [-0.2, 0) is 11.4 Å². The van der Waals surface area contributed by atoms with Gasteiger partial charge in [-0.3, -0.25) is 14.9 Å². The molecule has 0 bridgehead atoms. The molecule has 0 unspecified atom stereocenters. The highest BCUT2D eigenvalue weighted by Gasteiger charge is 2.17. The Balaban J connectivity index is 1.86. The van der Waals surface area contributed by atoms with E-state index in [-0.39, 0.29) is 23.5 Å². The number of carbonyl (C=O) groups is 1. The van der Waals surface area contributed by atoms with Crippen molar-refractivity contribution in [3.8, 4) is 23.6 Å². The van der Waals surface area contributed by atoms with Crippen LogP contribution in [0.1, 0.15) is 16.7 Å². The number of thiophene rings is 1. The van der Waals surface area contributed by atoms with Crippen molar-refractivity contribution in [2.24, 2.45) is 0 Å². The lowest BCUT2D eigenvalue weighted by molar-refractivity contribution is -0.386. The summed E-state index contributed by atoms with van der Waals surface area (Å²) in [6.45, 7) is -0.204. The molecule has 0 fully saturated rings. The van der Waals surface area contributed by atoms with Gasteiger partial charge < -0.3 is 14.8 Å². The van der Waals surface area contributed by atoms with Crippen molar-refractivity contribution in [1.29, 1.82) is 10.5 Å². The van der Waals surface area contributed by atoms with Crippen molar-refractivity contribution in [3.63, 3.8) is 0 Å². The first-order valence-electron chi connectivity index (χ1n) is 9.50. The van der Waals surface area contributed by atoms with Crippen LogP contribution in [0.2, 0.25) is 0 Å². The van der Waals surface area contributed by atoms with Crippen LogP contribution in [0.4, 0.5) is 15.1 Å². The summed E-state index contributed by atoms with van der Waals surface area (Å²) in [4.78, 5) is 23.0. The zero-order chi connectivity index (χ0) is 24.7. The molecule has 0 aliphatic heterocycles. The molecule has 170 valence electrons. The topological polar surface area (TPSA) is 138 Å². The molecule has 0 saturated carbocycles. The van der Waals surface area contributed by atoms with Crippen LogP contribution in [0.15, 0.2) is 53.4 Å². The fourth-order valence-corrected chi connectivity index (χ4v) is 3.62. The molecule has 0 radical (unpaired) electrons. The van der Waals surface area contributed by atoms with Crippen molar-refractivity contribution >= 4 is 34.0 Å². The lowest BCUT2D eigenvalue weighted by Gasteiger charge is -2.12. The Morgan fingerprint density at radius 1 is 1.24 bits per heavy atom. The highest BCUT2D eigenvalue weighted by molar-refractivity contribution is 7.14. The van der Waals surface area contributed by atoms with Gasteiger partial charge in [0.25, 0.3) is 5.91 Å². The van der Waals surface area contributed by atoms with E-state index in [0.717, 1.165) is 29.5 Å². The summed E-state index contributed by atoms with van der Waals surface area (Å²) in [5.74, 6) is -1.25. The second-order valence-corrected chi connectivity index (χ2v) is 7.54. The number of nitro groups is 1. The molecule has 0 saturated heterocycles. The number of carbonyl (C=O) groups excluding carboxylic acids is 1. The summed E-state index contributed by atoms with van der Waals surface area (Å²) < 4.78 is 24.3. The third-order valence-corrected chi connectivity index (χ3v) is 5.32. The van der Waals surface area contributed by atoms with E-state index in [1.54, 1.807) is 29.6 Å². The number of nitrogens with zero attached hydrogens (tertiary/aromatic N) is 3. The van der Waals surface area contributed by atoms with E-state index in [2.05, 4.69) is 5.32 Å². The van der Waals surface area contributed by atoms with Crippen LogP contribution in [0.25, 0.3) is 6.08 Å². The van der Waals surface area contributed by atoms with Crippen molar-refractivity contribution in [2.75, 3.05) is 12.4 Å². The molecular formula is C23H15FN4O5S. The van der Waals surface area contributed by atoms with Crippen LogP contribution < -0.4 is 14.8 Å². The average molecular weight is 478 g/mol. The molecule has 34 heavy (non-hydrogen) atoms. The predicted octanol–water partition coefficient (Wildman–Crippen LogP) is 4.80. The van der Waals surface area contributed by atoms with Gasteiger partial charge in [-0.2, -0.15) is 10.5 Å². The number of halogens is 1. The summed E-state index contributed by atoms with van der Waals surface area (Å²) in [5, 5.41) is 34.2. The first kappa shape index (κ1) is 23.9. The minimum atomic E-state index is -0.695. The molecule has 0 aliphatic carbocycles. The Bertz CT molecular complexity index is 1370. The number of methoxy groups -OCH3 is 1. The number of nitro benzene ring substituents is 1. The van der Waals surface area contributed by atoms with Gasteiger partial charge >= 0.3 is 5.69 Å². The van der Waals surface area contributed by atoms with E-state index in [1.165, 1.54) is 13.2 Å². The molecule has 0 aliphatic rings. The highest BCUT2D eigenvalue weighted by atomic mass is 32.1. The van der Waals surface area contributed by atoms with E-state index >= 15 is 0 Å². The normalized spacial score (nSPS) is 10.6. The SMILES string of the molecule is COc1ccc(C=C(C#N)C(=O)Nc2sccc2C#N)cc1COc1cc(F)ccc1[N+](=O)[O-]. The largest absolute Gasteiger partial charge is 0.496 e. The molecule has 1 heterocycles. The number of nitriles is 2.